The van der Waals surface area contributed by atoms with Gasteiger partial charge < -0.3 is 29.0 Å². The number of carbonyl (C=O) groups excluding carboxylic acids is 3. The molecule has 1 amide bonds. The van der Waals surface area contributed by atoms with E-state index in [0.717, 1.165) is 25.7 Å². The molecular weight excluding hydrogens is 492 g/mol. The Kier molecular flexibility index (Phi) is 12.8. The Labute approximate surface area is 226 Å². The smallest absolute Gasteiger partial charge is 0.329 e. The average Bonchev–Trinajstić information content (AvgIpc) is 2.89. The lowest BCUT2D eigenvalue weighted by Crippen LogP contribution is -2.44. The van der Waals surface area contributed by atoms with Crippen LogP contribution in [0.5, 0.6) is 11.5 Å². The molecule has 10 heteroatoms. The summed E-state index contributed by atoms with van der Waals surface area (Å²) in [6.07, 6.45) is 4.76. The Balaban J connectivity index is 2.21. The maximum Gasteiger partial charge on any atom is 0.329 e. The Morgan fingerprint density at radius 2 is 1.92 bits per heavy atom. The van der Waals surface area contributed by atoms with Crippen molar-refractivity contribution in [3.8, 4) is 11.5 Å². The Morgan fingerprint density at radius 3 is 2.55 bits per heavy atom. The van der Waals surface area contributed by atoms with Crippen molar-refractivity contribution in [1.82, 2.24) is 10.3 Å². The van der Waals surface area contributed by atoms with Crippen LogP contribution in [0.3, 0.4) is 0 Å². The van der Waals surface area contributed by atoms with Gasteiger partial charge in [0.25, 0.3) is 5.91 Å². The Morgan fingerprint density at radius 1 is 1.18 bits per heavy atom. The van der Waals surface area contributed by atoms with Crippen molar-refractivity contribution in [2.24, 2.45) is 17.8 Å². The van der Waals surface area contributed by atoms with E-state index in [2.05, 4.69) is 38.0 Å². The zero-order chi connectivity index (χ0) is 28.2. The predicted molar refractivity (Wildman–Crippen MR) is 141 cm³/mol. The van der Waals surface area contributed by atoms with E-state index in [1.807, 2.05) is 6.92 Å². The number of ether oxygens (including phenoxy) is 5. The van der Waals surface area contributed by atoms with Crippen molar-refractivity contribution in [3.05, 3.63) is 18.0 Å². The molecule has 214 valence electrons. The summed E-state index contributed by atoms with van der Waals surface area (Å²) in [5.74, 6) is -0.269. The van der Waals surface area contributed by atoms with Crippen LogP contribution in [0, 0.1) is 17.8 Å². The number of methoxy groups -OCH3 is 1. The molecule has 2 heterocycles. The third-order valence-corrected chi connectivity index (χ3v) is 6.39. The van der Waals surface area contributed by atoms with Gasteiger partial charge in [-0.2, -0.15) is 0 Å². The second-order valence-electron chi connectivity index (χ2n) is 10.6. The van der Waals surface area contributed by atoms with Crippen molar-refractivity contribution in [1.29, 1.82) is 0 Å². The first-order valence-electron chi connectivity index (χ1n) is 13.5. The minimum absolute atomic E-state index is 0.00875. The van der Waals surface area contributed by atoms with Crippen LogP contribution in [-0.2, 0) is 23.8 Å². The lowest BCUT2D eigenvalue weighted by molar-refractivity contribution is -0.161. The number of nitrogens with zero attached hydrogens (tertiary/aromatic N) is 1. The van der Waals surface area contributed by atoms with Gasteiger partial charge in [0.2, 0.25) is 6.79 Å². The number of hydrogen-bond acceptors (Lipinski definition) is 9. The first kappa shape index (κ1) is 31.3. The van der Waals surface area contributed by atoms with Crippen LogP contribution >= 0.6 is 0 Å². The standard InChI is InChI=1S/C28H44N2O8/c1-17(2)11-12-21-9-8-10-22(28(33)38-19(5)25(21)35-15-18(3)4)30-27(32)24-26(37-16-36-20(6)31)23(34-7)13-14-29-24/h13-14,17-19,21-22,25H,8-12,15-16H2,1-7H3,(H,30,32)/t19-,21+,22-,25-/m0/s1. The predicted octanol–water partition coefficient (Wildman–Crippen LogP) is 4.30. The third-order valence-electron chi connectivity index (χ3n) is 6.39. The summed E-state index contributed by atoms with van der Waals surface area (Å²) in [5, 5.41) is 2.76. The number of nitrogens with one attached hydrogen (secondary N) is 1. The van der Waals surface area contributed by atoms with Gasteiger partial charge in [-0.05, 0) is 43.9 Å². The Hall–Kier alpha value is -2.88. The number of cyclic esters (lactones) is 1. The van der Waals surface area contributed by atoms with E-state index >= 15 is 0 Å². The third kappa shape index (κ3) is 9.78. The lowest BCUT2D eigenvalue weighted by atomic mass is 9.86. The quantitative estimate of drug-likeness (QED) is 0.308. The van der Waals surface area contributed by atoms with Gasteiger partial charge in [0.1, 0.15) is 12.1 Å². The van der Waals surface area contributed by atoms with Crippen molar-refractivity contribution < 1.29 is 38.1 Å². The molecule has 4 atom stereocenters. The first-order chi connectivity index (χ1) is 18.0. The SMILES string of the molecule is COc1ccnc(C(=O)N[C@H]2CCC[C@H](CCC(C)C)[C@@H](OCC(C)C)[C@H](C)OC2=O)c1OCOC(C)=O. The van der Waals surface area contributed by atoms with Crippen LogP contribution in [0.1, 0.15) is 84.1 Å². The molecule has 1 N–H and O–H groups in total. The van der Waals surface area contributed by atoms with E-state index in [-0.39, 0.29) is 29.2 Å². The fourth-order valence-electron chi connectivity index (χ4n) is 4.43. The summed E-state index contributed by atoms with van der Waals surface area (Å²) < 4.78 is 27.7. The molecule has 1 aliphatic rings. The van der Waals surface area contributed by atoms with Gasteiger partial charge >= 0.3 is 11.9 Å². The monoisotopic (exact) mass is 536 g/mol. The molecule has 38 heavy (non-hydrogen) atoms. The molecule has 1 aliphatic heterocycles. The second-order valence-corrected chi connectivity index (χ2v) is 10.6. The van der Waals surface area contributed by atoms with Gasteiger partial charge in [-0.1, -0.05) is 40.5 Å². The highest BCUT2D eigenvalue weighted by Gasteiger charge is 2.35. The molecule has 0 aliphatic carbocycles. The molecule has 1 saturated heterocycles. The number of rotatable bonds is 12. The zero-order valence-corrected chi connectivity index (χ0v) is 23.8. The van der Waals surface area contributed by atoms with Crippen LogP contribution in [0.4, 0.5) is 0 Å². The molecule has 0 radical (unpaired) electrons. The van der Waals surface area contributed by atoms with Crippen molar-refractivity contribution in [2.45, 2.75) is 91.9 Å². The molecule has 10 nitrogen and oxygen atoms in total. The normalized spacial score (nSPS) is 22.2. The van der Waals surface area contributed by atoms with E-state index in [1.54, 1.807) is 0 Å². The van der Waals surface area contributed by atoms with Crippen molar-refractivity contribution >= 4 is 17.8 Å². The molecule has 0 aromatic carbocycles. The van der Waals surface area contributed by atoms with Crippen LogP contribution in [0.15, 0.2) is 12.3 Å². The topological polar surface area (TPSA) is 122 Å². The molecule has 1 aromatic rings. The number of aromatic nitrogens is 1. The molecule has 0 spiro atoms. The number of amides is 1. The average molecular weight is 537 g/mol. The fraction of sp³-hybridized carbons (Fsp3) is 0.714. The van der Waals surface area contributed by atoms with Gasteiger partial charge in [-0.15, -0.1) is 0 Å². The van der Waals surface area contributed by atoms with Gasteiger partial charge in [-0.3, -0.25) is 9.59 Å². The van der Waals surface area contributed by atoms with Crippen LogP contribution in [-0.4, -0.2) is 61.6 Å². The lowest BCUT2D eigenvalue weighted by Gasteiger charge is -2.32. The summed E-state index contributed by atoms with van der Waals surface area (Å²) >= 11 is 0. The summed E-state index contributed by atoms with van der Waals surface area (Å²) in [7, 11) is 1.42. The van der Waals surface area contributed by atoms with E-state index in [4.69, 9.17) is 23.7 Å². The molecule has 0 saturated carbocycles. The van der Waals surface area contributed by atoms with Crippen LogP contribution in [0.25, 0.3) is 0 Å². The van der Waals surface area contributed by atoms with Gasteiger partial charge in [0.15, 0.2) is 17.2 Å². The molecule has 0 bridgehead atoms. The maximum atomic E-state index is 13.2. The minimum atomic E-state index is -0.867. The van der Waals surface area contributed by atoms with Crippen LogP contribution < -0.4 is 14.8 Å². The van der Waals surface area contributed by atoms with Crippen molar-refractivity contribution in [2.75, 3.05) is 20.5 Å². The highest BCUT2D eigenvalue weighted by Crippen LogP contribution is 2.31. The number of hydrogen-bond donors (Lipinski definition) is 1. The van der Waals surface area contributed by atoms with E-state index < -0.39 is 36.8 Å². The Bertz CT molecular complexity index is 920. The zero-order valence-electron chi connectivity index (χ0n) is 23.8. The summed E-state index contributed by atoms with van der Waals surface area (Å²) in [6, 6.07) is 0.651. The maximum absolute atomic E-state index is 13.2. The minimum Gasteiger partial charge on any atom is -0.493 e. The number of carbonyl (C=O) groups is 3. The van der Waals surface area contributed by atoms with Gasteiger partial charge in [0, 0.05) is 25.8 Å². The van der Waals surface area contributed by atoms with E-state index in [1.165, 1.54) is 26.3 Å². The highest BCUT2D eigenvalue weighted by atomic mass is 16.7. The van der Waals surface area contributed by atoms with Gasteiger partial charge in [0.05, 0.1) is 13.2 Å². The number of pyridine rings is 1. The summed E-state index contributed by atoms with van der Waals surface area (Å²) in [5.41, 5.74) is -0.0924. The molecule has 1 aromatic heterocycles. The largest absolute Gasteiger partial charge is 0.493 e. The molecular formula is C28H44N2O8. The highest BCUT2D eigenvalue weighted by molar-refractivity contribution is 5.98. The van der Waals surface area contributed by atoms with E-state index in [9.17, 15) is 14.4 Å². The number of esters is 2. The van der Waals surface area contributed by atoms with E-state index in [0.29, 0.717) is 24.9 Å². The van der Waals surface area contributed by atoms with Crippen molar-refractivity contribution in [3.63, 3.8) is 0 Å². The van der Waals surface area contributed by atoms with Gasteiger partial charge in [-0.25, -0.2) is 9.78 Å². The fourth-order valence-corrected chi connectivity index (χ4v) is 4.43. The summed E-state index contributed by atoms with van der Waals surface area (Å²) in [6.45, 7) is 11.9. The summed E-state index contributed by atoms with van der Waals surface area (Å²) in [4.78, 5) is 41.7. The second kappa shape index (κ2) is 15.5. The molecule has 2 rings (SSSR count). The molecule has 1 fully saturated rings. The van der Waals surface area contributed by atoms with Crippen LogP contribution in [0.2, 0.25) is 0 Å². The first-order valence-corrected chi connectivity index (χ1v) is 13.5. The molecule has 0 unspecified atom stereocenters.